The number of hydrogen-bond acceptors (Lipinski definition) is 4. The van der Waals surface area contributed by atoms with Crippen molar-refractivity contribution < 1.29 is 14.0 Å². The number of nitrogens with two attached hydrogens (primary N) is 1. The Morgan fingerprint density at radius 2 is 1.81 bits per heavy atom. The Balaban J connectivity index is 1.43. The Labute approximate surface area is 158 Å². The second-order valence-corrected chi connectivity index (χ2v) is 8.88. The van der Waals surface area contributed by atoms with E-state index in [1.807, 2.05) is 0 Å². The lowest BCUT2D eigenvalue weighted by Gasteiger charge is -2.35. The molecule has 1 saturated carbocycles. The van der Waals surface area contributed by atoms with Crippen molar-refractivity contribution in [3.63, 3.8) is 0 Å². The van der Waals surface area contributed by atoms with Gasteiger partial charge in [0, 0.05) is 12.3 Å². The van der Waals surface area contributed by atoms with Crippen LogP contribution in [0.4, 0.5) is 4.39 Å². The number of halogens is 1. The van der Waals surface area contributed by atoms with Gasteiger partial charge in [0.25, 0.3) is 0 Å². The molecule has 3 rings (SSSR count). The number of rotatable bonds is 7. The number of carbonyl (C=O) groups excluding carboxylic acids is 2. The lowest BCUT2D eigenvalue weighted by atomic mass is 9.75. The van der Waals surface area contributed by atoms with Crippen LogP contribution in [-0.4, -0.2) is 36.2 Å². The third kappa shape index (κ3) is 5.13. The third-order valence-corrected chi connectivity index (χ3v) is 7.01. The monoisotopic (exact) mass is 380 g/mol. The Morgan fingerprint density at radius 3 is 2.42 bits per heavy atom. The first-order valence-electron chi connectivity index (χ1n) is 9.83. The Kier molecular flexibility index (Phi) is 6.81. The van der Waals surface area contributed by atoms with Crippen LogP contribution in [0.3, 0.4) is 0 Å². The highest BCUT2D eigenvalue weighted by Gasteiger charge is 2.29. The molecule has 0 radical (unpaired) electrons. The molecule has 2 aliphatic rings. The second kappa shape index (κ2) is 9.09. The summed E-state index contributed by atoms with van der Waals surface area (Å²) < 4.78 is 13.1. The summed E-state index contributed by atoms with van der Waals surface area (Å²) in [4.78, 5) is 26.7. The maximum absolute atomic E-state index is 13.1. The average molecular weight is 381 g/mol. The van der Waals surface area contributed by atoms with Gasteiger partial charge >= 0.3 is 0 Å². The Hall–Kier alpha value is -1.27. The first-order chi connectivity index (χ1) is 12.5. The Bertz CT molecular complexity index is 625. The smallest absolute Gasteiger partial charge is 0.217 e. The van der Waals surface area contributed by atoms with Gasteiger partial charge in [-0.1, -0.05) is 19.3 Å². The van der Waals surface area contributed by atoms with Gasteiger partial charge in [0.2, 0.25) is 5.91 Å². The average Bonchev–Trinajstić information content (AvgIpc) is 3.07. The van der Waals surface area contributed by atoms with Gasteiger partial charge in [0.05, 0.1) is 4.88 Å². The predicted octanol–water partition coefficient (Wildman–Crippen LogP) is 3.85. The predicted molar refractivity (Wildman–Crippen MR) is 102 cm³/mol. The number of nitrogens with zero attached hydrogens (tertiary/aromatic N) is 1. The summed E-state index contributed by atoms with van der Waals surface area (Å²) in [7, 11) is 0. The van der Waals surface area contributed by atoms with E-state index in [0.717, 1.165) is 56.7 Å². The molecule has 1 aromatic heterocycles. The largest absolute Gasteiger partial charge is 0.370 e. The van der Waals surface area contributed by atoms with Gasteiger partial charge in [-0.2, -0.15) is 4.39 Å². The number of thiophene rings is 1. The SMILES string of the molecule is NC(=O)CC1CCCCC1CCN1CCC(C(=O)c2ccc(F)s2)CC1. The summed E-state index contributed by atoms with van der Waals surface area (Å²) in [5.74, 6) is 1.01. The van der Waals surface area contributed by atoms with E-state index in [-0.39, 0.29) is 22.7 Å². The summed E-state index contributed by atoms with van der Waals surface area (Å²) in [5.41, 5.74) is 5.41. The van der Waals surface area contributed by atoms with Crippen LogP contribution in [-0.2, 0) is 4.79 Å². The van der Waals surface area contributed by atoms with E-state index in [1.165, 1.54) is 25.3 Å². The molecular weight excluding hydrogens is 351 g/mol. The molecule has 144 valence electrons. The van der Waals surface area contributed by atoms with Crippen molar-refractivity contribution in [2.75, 3.05) is 19.6 Å². The number of primary amides is 1. The van der Waals surface area contributed by atoms with Crippen molar-refractivity contribution in [2.45, 2.75) is 51.4 Å². The molecule has 2 atom stereocenters. The topological polar surface area (TPSA) is 63.4 Å². The van der Waals surface area contributed by atoms with Gasteiger partial charge in [-0.3, -0.25) is 9.59 Å². The molecule has 0 spiro atoms. The molecule has 1 aromatic rings. The molecule has 2 unspecified atom stereocenters. The van der Waals surface area contributed by atoms with Crippen molar-refractivity contribution >= 4 is 23.0 Å². The van der Waals surface area contributed by atoms with Crippen molar-refractivity contribution in [1.82, 2.24) is 4.90 Å². The fraction of sp³-hybridized carbons (Fsp3) is 0.700. The number of amides is 1. The van der Waals surface area contributed by atoms with Gasteiger partial charge in [-0.15, -0.1) is 11.3 Å². The Morgan fingerprint density at radius 1 is 1.12 bits per heavy atom. The van der Waals surface area contributed by atoms with Gasteiger partial charge in [-0.05, 0) is 69.3 Å². The lowest BCUT2D eigenvalue weighted by molar-refractivity contribution is -0.119. The lowest BCUT2D eigenvalue weighted by Crippen LogP contribution is -2.38. The molecule has 1 amide bonds. The summed E-state index contributed by atoms with van der Waals surface area (Å²) in [6, 6.07) is 2.98. The van der Waals surface area contributed by atoms with E-state index in [2.05, 4.69) is 4.90 Å². The number of hydrogen-bond donors (Lipinski definition) is 1. The highest BCUT2D eigenvalue weighted by molar-refractivity contribution is 7.12. The summed E-state index contributed by atoms with van der Waals surface area (Å²) in [6.07, 6.45) is 8.16. The van der Waals surface area contributed by atoms with Gasteiger partial charge in [0.1, 0.15) is 0 Å². The van der Waals surface area contributed by atoms with E-state index in [0.29, 0.717) is 23.1 Å². The van der Waals surface area contributed by atoms with Gasteiger partial charge in [0.15, 0.2) is 10.9 Å². The molecule has 0 aromatic carbocycles. The maximum Gasteiger partial charge on any atom is 0.217 e. The maximum atomic E-state index is 13.1. The van der Waals surface area contributed by atoms with Crippen LogP contribution in [0.2, 0.25) is 0 Å². The number of piperidine rings is 1. The van der Waals surface area contributed by atoms with E-state index < -0.39 is 0 Å². The van der Waals surface area contributed by atoms with Crippen LogP contribution in [0.1, 0.15) is 61.0 Å². The molecule has 2 N–H and O–H groups in total. The minimum absolute atomic E-state index is 0.0293. The number of ketones is 1. The summed E-state index contributed by atoms with van der Waals surface area (Å²) in [5, 5.41) is -0.288. The van der Waals surface area contributed by atoms with E-state index in [4.69, 9.17) is 5.73 Å². The quantitative estimate of drug-likeness (QED) is 0.731. The minimum Gasteiger partial charge on any atom is -0.370 e. The molecule has 4 nitrogen and oxygen atoms in total. The zero-order valence-electron chi connectivity index (χ0n) is 15.3. The zero-order chi connectivity index (χ0) is 18.5. The highest BCUT2D eigenvalue weighted by Crippen LogP contribution is 2.35. The molecule has 6 heteroatoms. The minimum atomic E-state index is -0.288. The van der Waals surface area contributed by atoms with Gasteiger partial charge < -0.3 is 10.6 Å². The fourth-order valence-corrected chi connectivity index (χ4v) is 5.36. The number of likely N-dealkylation sites (tertiary alicyclic amines) is 1. The number of Topliss-reactive ketones (excluding diaryl/α,β-unsaturated/α-hetero) is 1. The van der Waals surface area contributed by atoms with Crippen LogP contribution < -0.4 is 5.73 Å². The molecule has 1 saturated heterocycles. The van der Waals surface area contributed by atoms with Gasteiger partial charge in [-0.25, -0.2) is 0 Å². The molecular formula is C20H29FN2O2S. The van der Waals surface area contributed by atoms with Crippen molar-refractivity contribution in [3.05, 3.63) is 22.1 Å². The van der Waals surface area contributed by atoms with Crippen molar-refractivity contribution in [2.24, 2.45) is 23.5 Å². The summed E-state index contributed by atoms with van der Waals surface area (Å²) >= 11 is 0.957. The standard InChI is InChI=1S/C20H29FN2O2S/c21-18-6-5-17(26-18)20(25)15-8-11-23(12-9-15)10-7-14-3-1-2-4-16(14)13-19(22)24/h5-6,14-16H,1-4,7-13H2,(H2,22,24). The first-order valence-corrected chi connectivity index (χ1v) is 10.6. The van der Waals surface area contributed by atoms with E-state index in [1.54, 1.807) is 6.07 Å². The van der Waals surface area contributed by atoms with Crippen LogP contribution in [0.5, 0.6) is 0 Å². The molecule has 1 aliphatic carbocycles. The van der Waals surface area contributed by atoms with E-state index in [9.17, 15) is 14.0 Å². The summed E-state index contributed by atoms with van der Waals surface area (Å²) in [6.45, 7) is 2.89. The van der Waals surface area contributed by atoms with Crippen LogP contribution >= 0.6 is 11.3 Å². The van der Waals surface area contributed by atoms with Crippen molar-refractivity contribution in [1.29, 1.82) is 0 Å². The van der Waals surface area contributed by atoms with Crippen LogP contribution in [0, 0.1) is 22.9 Å². The van der Waals surface area contributed by atoms with Crippen molar-refractivity contribution in [3.8, 4) is 0 Å². The first kappa shape index (κ1) is 19.5. The fourth-order valence-electron chi connectivity index (χ4n) is 4.61. The molecule has 1 aliphatic heterocycles. The zero-order valence-corrected chi connectivity index (χ0v) is 16.1. The molecule has 26 heavy (non-hydrogen) atoms. The van der Waals surface area contributed by atoms with Crippen LogP contribution in [0.15, 0.2) is 12.1 Å². The van der Waals surface area contributed by atoms with Crippen LogP contribution in [0.25, 0.3) is 0 Å². The van der Waals surface area contributed by atoms with E-state index >= 15 is 0 Å². The second-order valence-electron chi connectivity index (χ2n) is 7.85. The number of carbonyl (C=O) groups is 2. The third-order valence-electron chi connectivity index (χ3n) is 6.12. The molecule has 0 bridgehead atoms. The molecule has 2 fully saturated rings. The molecule has 2 heterocycles. The normalized spacial score (nSPS) is 25.3. The highest BCUT2D eigenvalue weighted by atomic mass is 32.1.